The van der Waals surface area contributed by atoms with E-state index in [-0.39, 0.29) is 5.82 Å². The van der Waals surface area contributed by atoms with Crippen molar-refractivity contribution in [2.75, 3.05) is 32.7 Å². The van der Waals surface area contributed by atoms with Crippen molar-refractivity contribution in [1.29, 1.82) is 5.26 Å². The molecule has 0 amide bonds. The Hall–Kier alpha value is -1.15. The summed E-state index contributed by atoms with van der Waals surface area (Å²) in [5.74, 6) is -0.248. The minimum atomic E-state index is -0.248. The van der Waals surface area contributed by atoms with Crippen LogP contribution in [0.4, 0.5) is 4.39 Å². The van der Waals surface area contributed by atoms with Gasteiger partial charge in [-0.2, -0.15) is 5.26 Å². The van der Waals surface area contributed by atoms with E-state index in [9.17, 15) is 4.39 Å². The lowest BCUT2D eigenvalue weighted by Crippen LogP contribution is -2.45. The van der Waals surface area contributed by atoms with Gasteiger partial charge in [0.1, 0.15) is 5.82 Å². The van der Waals surface area contributed by atoms with E-state index in [1.807, 2.05) is 0 Å². The molecule has 1 aliphatic rings. The molecule has 0 bridgehead atoms. The van der Waals surface area contributed by atoms with Gasteiger partial charge in [-0.1, -0.05) is 17.7 Å². The number of piperazine rings is 1. The highest BCUT2D eigenvalue weighted by molar-refractivity contribution is 6.31. The van der Waals surface area contributed by atoms with Gasteiger partial charge in [0.25, 0.3) is 0 Å². The molecule has 0 radical (unpaired) electrons. The van der Waals surface area contributed by atoms with Crippen molar-refractivity contribution in [3.63, 3.8) is 0 Å². The zero-order chi connectivity index (χ0) is 13.0. The average molecular weight is 268 g/mol. The van der Waals surface area contributed by atoms with E-state index in [0.717, 1.165) is 26.2 Å². The molecular formula is C13H15ClFN3. The van der Waals surface area contributed by atoms with Gasteiger partial charge in [0.15, 0.2) is 0 Å². The maximum absolute atomic E-state index is 13.6. The van der Waals surface area contributed by atoms with E-state index in [2.05, 4.69) is 15.9 Å². The van der Waals surface area contributed by atoms with Crippen molar-refractivity contribution >= 4 is 11.6 Å². The van der Waals surface area contributed by atoms with E-state index in [0.29, 0.717) is 23.7 Å². The lowest BCUT2D eigenvalue weighted by atomic mass is 10.2. The van der Waals surface area contributed by atoms with Crippen LogP contribution in [0.5, 0.6) is 0 Å². The summed E-state index contributed by atoms with van der Waals surface area (Å²) in [5.41, 5.74) is 0.563. The molecule has 2 rings (SSSR count). The number of rotatable bonds is 3. The van der Waals surface area contributed by atoms with Gasteiger partial charge in [0, 0.05) is 43.3 Å². The molecule has 1 aromatic carbocycles. The Morgan fingerprint density at radius 2 is 1.89 bits per heavy atom. The Balaban J connectivity index is 1.94. The van der Waals surface area contributed by atoms with Crippen LogP contribution in [0.15, 0.2) is 18.2 Å². The molecule has 1 heterocycles. The second-order valence-electron chi connectivity index (χ2n) is 4.41. The monoisotopic (exact) mass is 267 g/mol. The number of nitriles is 1. The molecule has 1 aromatic rings. The third-order valence-corrected chi connectivity index (χ3v) is 3.56. The highest BCUT2D eigenvalue weighted by atomic mass is 35.5. The molecule has 5 heteroatoms. The topological polar surface area (TPSA) is 30.3 Å². The molecule has 3 nitrogen and oxygen atoms in total. The van der Waals surface area contributed by atoms with Gasteiger partial charge in [-0.05, 0) is 12.1 Å². The smallest absolute Gasteiger partial charge is 0.129 e. The Bertz CT molecular complexity index is 430. The maximum Gasteiger partial charge on any atom is 0.129 e. The summed E-state index contributed by atoms with van der Waals surface area (Å²) in [6.45, 7) is 4.37. The fraction of sp³-hybridized carbons (Fsp3) is 0.462. The van der Waals surface area contributed by atoms with Crippen molar-refractivity contribution in [3.05, 3.63) is 34.6 Å². The molecule has 0 aliphatic carbocycles. The molecule has 1 fully saturated rings. The minimum absolute atomic E-state index is 0.248. The Labute approximate surface area is 111 Å². The minimum Gasteiger partial charge on any atom is -0.296 e. The third-order valence-electron chi connectivity index (χ3n) is 3.20. The summed E-state index contributed by atoms with van der Waals surface area (Å²) in [4.78, 5) is 4.26. The molecule has 0 saturated carbocycles. The highest BCUT2D eigenvalue weighted by Crippen LogP contribution is 2.21. The van der Waals surface area contributed by atoms with Crippen LogP contribution in [0.2, 0.25) is 5.02 Å². The molecule has 96 valence electrons. The van der Waals surface area contributed by atoms with Crippen molar-refractivity contribution in [1.82, 2.24) is 9.80 Å². The number of hydrogen-bond donors (Lipinski definition) is 0. The number of hydrogen-bond acceptors (Lipinski definition) is 3. The lowest BCUT2D eigenvalue weighted by molar-refractivity contribution is 0.137. The summed E-state index contributed by atoms with van der Waals surface area (Å²) in [6, 6.07) is 6.92. The predicted octanol–water partition coefficient (Wildman–Crippen LogP) is 2.12. The van der Waals surface area contributed by atoms with E-state index in [1.165, 1.54) is 6.07 Å². The molecule has 1 saturated heterocycles. The predicted molar refractivity (Wildman–Crippen MR) is 68.7 cm³/mol. The molecule has 1 aliphatic heterocycles. The van der Waals surface area contributed by atoms with Crippen molar-refractivity contribution in [2.45, 2.75) is 6.54 Å². The first-order chi connectivity index (χ1) is 8.70. The number of nitrogens with zero attached hydrogens (tertiary/aromatic N) is 3. The zero-order valence-corrected chi connectivity index (χ0v) is 10.8. The highest BCUT2D eigenvalue weighted by Gasteiger charge is 2.18. The van der Waals surface area contributed by atoms with Gasteiger partial charge >= 0.3 is 0 Å². The number of benzene rings is 1. The van der Waals surface area contributed by atoms with E-state index >= 15 is 0 Å². The van der Waals surface area contributed by atoms with Crippen molar-refractivity contribution in [2.24, 2.45) is 0 Å². The first-order valence-electron chi connectivity index (χ1n) is 5.95. The van der Waals surface area contributed by atoms with Gasteiger partial charge < -0.3 is 0 Å². The van der Waals surface area contributed by atoms with Crippen LogP contribution in [-0.2, 0) is 6.54 Å². The maximum atomic E-state index is 13.6. The van der Waals surface area contributed by atoms with Crippen LogP contribution in [-0.4, -0.2) is 42.5 Å². The summed E-state index contributed by atoms with van der Waals surface area (Å²) in [6.07, 6.45) is 0. The summed E-state index contributed by atoms with van der Waals surface area (Å²) in [7, 11) is 0. The normalized spacial score (nSPS) is 17.6. The zero-order valence-electron chi connectivity index (χ0n) is 10.1. The summed E-state index contributed by atoms with van der Waals surface area (Å²) in [5, 5.41) is 9.10. The van der Waals surface area contributed by atoms with E-state index < -0.39 is 0 Å². The van der Waals surface area contributed by atoms with Crippen LogP contribution in [0.25, 0.3) is 0 Å². The Kier molecular flexibility index (Phi) is 4.54. The van der Waals surface area contributed by atoms with Crippen molar-refractivity contribution in [3.8, 4) is 6.07 Å². The largest absolute Gasteiger partial charge is 0.296 e. The van der Waals surface area contributed by atoms with Gasteiger partial charge in [-0.15, -0.1) is 0 Å². The van der Waals surface area contributed by atoms with Crippen LogP contribution in [0, 0.1) is 17.1 Å². The second kappa shape index (κ2) is 6.14. The van der Waals surface area contributed by atoms with E-state index in [1.54, 1.807) is 12.1 Å². The summed E-state index contributed by atoms with van der Waals surface area (Å²) >= 11 is 6.01. The summed E-state index contributed by atoms with van der Waals surface area (Å²) < 4.78 is 13.6. The molecule has 18 heavy (non-hydrogen) atoms. The molecule has 0 aromatic heterocycles. The number of halogens is 2. The van der Waals surface area contributed by atoms with Crippen molar-refractivity contribution < 1.29 is 4.39 Å². The van der Waals surface area contributed by atoms with Gasteiger partial charge in [0.2, 0.25) is 0 Å². The fourth-order valence-electron chi connectivity index (χ4n) is 2.11. The first-order valence-corrected chi connectivity index (χ1v) is 6.33. The molecule has 0 spiro atoms. The van der Waals surface area contributed by atoms with Crippen LogP contribution in [0.3, 0.4) is 0 Å². The van der Waals surface area contributed by atoms with Crippen LogP contribution >= 0.6 is 11.6 Å². The van der Waals surface area contributed by atoms with Crippen LogP contribution < -0.4 is 0 Å². The Morgan fingerprint density at radius 3 is 2.50 bits per heavy atom. The average Bonchev–Trinajstić information content (AvgIpc) is 2.36. The second-order valence-corrected chi connectivity index (χ2v) is 4.82. The fourth-order valence-corrected chi connectivity index (χ4v) is 2.34. The van der Waals surface area contributed by atoms with E-state index in [4.69, 9.17) is 16.9 Å². The van der Waals surface area contributed by atoms with Gasteiger partial charge in [0.05, 0.1) is 12.6 Å². The molecule has 0 N–H and O–H groups in total. The Morgan fingerprint density at radius 1 is 1.22 bits per heavy atom. The quantitative estimate of drug-likeness (QED) is 0.786. The third kappa shape index (κ3) is 3.20. The standard InChI is InChI=1S/C13H15ClFN3/c14-12-2-1-3-13(15)11(12)10-18-8-6-17(5-4-16)7-9-18/h1-3H,5-10H2. The molecule has 0 unspecified atom stereocenters. The van der Waals surface area contributed by atoms with Gasteiger partial charge in [-0.3, -0.25) is 9.80 Å². The molecule has 0 atom stereocenters. The lowest BCUT2D eigenvalue weighted by Gasteiger charge is -2.33. The first kappa shape index (κ1) is 13.3. The SMILES string of the molecule is N#CCN1CCN(Cc2c(F)cccc2Cl)CC1. The molecular weight excluding hydrogens is 253 g/mol. The van der Waals surface area contributed by atoms with Crippen LogP contribution in [0.1, 0.15) is 5.56 Å². The van der Waals surface area contributed by atoms with Gasteiger partial charge in [-0.25, -0.2) is 4.39 Å².